The van der Waals surface area contributed by atoms with Gasteiger partial charge in [-0.2, -0.15) is 0 Å². The Morgan fingerprint density at radius 2 is 1.03 bits per heavy atom. The molecule has 0 fully saturated rings. The zero-order valence-electron chi connectivity index (χ0n) is 15.9. The Kier molecular flexibility index (Phi) is 8.59. The summed E-state index contributed by atoms with van der Waals surface area (Å²) in [5.74, 6) is 0. The molecule has 2 aromatic heterocycles. The summed E-state index contributed by atoms with van der Waals surface area (Å²) in [4.78, 5) is 0. The molecule has 31 heavy (non-hydrogen) atoms. The van der Waals surface area contributed by atoms with Crippen molar-refractivity contribution in [1.29, 1.82) is 0 Å². The average Bonchev–Trinajstić information content (AvgIpc) is 3.54. The zero-order chi connectivity index (χ0) is 18.8. The van der Waals surface area contributed by atoms with E-state index in [0.29, 0.717) is 0 Å². The van der Waals surface area contributed by atoms with Crippen LogP contribution in [-0.4, -0.2) is 40.4 Å². The minimum absolute atomic E-state index is 0. The molecule has 0 aliphatic rings. The van der Waals surface area contributed by atoms with Crippen LogP contribution in [0, 0.1) is 0 Å². The Hall–Kier alpha value is -2.91. The third-order valence-corrected chi connectivity index (χ3v) is 4.43. The zero-order valence-corrected chi connectivity index (χ0v) is 19.0. The molecule has 0 aliphatic carbocycles. The first kappa shape index (κ1) is 24.4. The van der Waals surface area contributed by atoms with Gasteiger partial charge in [-0.15, -0.1) is 92.4 Å². The van der Waals surface area contributed by atoms with Crippen LogP contribution >= 0.6 is 0 Å². The molecule has 0 saturated carbocycles. The molecule has 8 nitrogen and oxygen atoms in total. The van der Waals surface area contributed by atoms with Crippen molar-refractivity contribution in [1.82, 2.24) is 40.4 Å². The van der Waals surface area contributed by atoms with E-state index in [2.05, 4.69) is 79.6 Å². The van der Waals surface area contributed by atoms with Crippen molar-refractivity contribution in [2.45, 2.75) is 0 Å². The number of nitrogens with zero attached hydrogens (tertiary/aromatic N) is 8. The van der Waals surface area contributed by atoms with Gasteiger partial charge in [0.25, 0.3) is 0 Å². The summed E-state index contributed by atoms with van der Waals surface area (Å²) in [6.07, 6.45) is 3.18. The van der Waals surface area contributed by atoms with Crippen LogP contribution in [0.25, 0.3) is 32.9 Å². The fourth-order valence-electron chi connectivity index (χ4n) is 3.09. The van der Waals surface area contributed by atoms with Gasteiger partial charge in [0.15, 0.2) is 0 Å². The molecule has 0 saturated heterocycles. The Morgan fingerprint density at radius 1 is 0.613 bits per heavy atom. The molecule has 0 spiro atoms. The van der Waals surface area contributed by atoms with Crippen molar-refractivity contribution in [3.05, 3.63) is 85.5 Å². The van der Waals surface area contributed by atoms with Gasteiger partial charge in [0.05, 0.1) is 0 Å². The van der Waals surface area contributed by atoms with Gasteiger partial charge in [0, 0.05) is 0 Å². The normalized spacial score (nSPS) is 9.81. The van der Waals surface area contributed by atoms with Gasteiger partial charge in [0.2, 0.25) is 0 Å². The van der Waals surface area contributed by atoms with Crippen molar-refractivity contribution in [3.63, 3.8) is 0 Å². The van der Waals surface area contributed by atoms with Crippen LogP contribution in [0.3, 0.4) is 0 Å². The molecule has 0 radical (unpaired) electrons. The first-order valence-corrected chi connectivity index (χ1v) is 8.64. The summed E-state index contributed by atoms with van der Waals surface area (Å²) in [7, 11) is 0. The van der Waals surface area contributed by atoms with Gasteiger partial charge >= 0.3 is 21.7 Å². The second kappa shape index (κ2) is 10.9. The molecule has 152 valence electrons. The number of tetrazole rings is 2. The molecule has 6 rings (SSSR count). The van der Waals surface area contributed by atoms with Gasteiger partial charge < -0.3 is 24.8 Å². The van der Waals surface area contributed by atoms with Crippen molar-refractivity contribution >= 4 is 21.5 Å². The second-order valence-corrected chi connectivity index (χ2v) is 6.19. The van der Waals surface area contributed by atoms with E-state index in [0.717, 1.165) is 11.4 Å². The maximum Gasteiger partial charge on any atom is 4.00 e. The summed E-state index contributed by atoms with van der Waals surface area (Å²) >= 11 is 0. The number of rotatable bonds is 2. The van der Waals surface area contributed by atoms with Gasteiger partial charge in [0.1, 0.15) is 12.7 Å². The maximum absolute atomic E-state index is 3.84. The molecular weight excluding hydrogens is 471 g/mol. The minimum Gasteiger partial charge on any atom is -1.00 e. The fourth-order valence-corrected chi connectivity index (χ4v) is 3.09. The van der Waals surface area contributed by atoms with E-state index < -0.39 is 0 Å². The van der Waals surface area contributed by atoms with E-state index >= 15 is 0 Å². The summed E-state index contributed by atoms with van der Waals surface area (Å²) in [5.41, 5.74) is 1.99. The smallest absolute Gasteiger partial charge is 1.00 e. The molecular formula is C20H14Cl2N8Ti. The van der Waals surface area contributed by atoms with E-state index in [1.54, 1.807) is 22.0 Å². The molecule has 2 heterocycles. The number of halogens is 2. The van der Waals surface area contributed by atoms with Crippen LogP contribution in [0.5, 0.6) is 0 Å². The van der Waals surface area contributed by atoms with Gasteiger partial charge in [-0.05, 0) is 32.2 Å². The Bertz CT molecular complexity index is 1160. The van der Waals surface area contributed by atoms with E-state index in [4.69, 9.17) is 0 Å². The predicted octanol–water partition coefficient (Wildman–Crippen LogP) is -2.93. The molecule has 0 N–H and O–H groups in total. The topological polar surface area (TPSA) is 87.2 Å². The molecule has 0 unspecified atom stereocenters. The summed E-state index contributed by atoms with van der Waals surface area (Å²) in [5, 5.41) is 26.9. The standard InChI is InChI=1S/2C10H7N4.2ClH.Ti/c2*1-2-4-9-6-10(5-8(9)3-1)14-7-11-12-13-14;;;/h2*1-7H;2*1H;/q2*-1;;;+4/p-2. The van der Waals surface area contributed by atoms with Gasteiger partial charge in [-0.3, -0.25) is 0 Å². The average molecular weight is 485 g/mol. The third kappa shape index (κ3) is 5.23. The summed E-state index contributed by atoms with van der Waals surface area (Å²) < 4.78 is 3.31. The number of benzene rings is 2. The molecule has 6 aromatic rings. The van der Waals surface area contributed by atoms with Gasteiger partial charge in [-0.1, -0.05) is 12.1 Å². The molecule has 4 aromatic carbocycles. The van der Waals surface area contributed by atoms with Gasteiger partial charge in [-0.25, -0.2) is 9.36 Å². The Morgan fingerprint density at radius 3 is 1.39 bits per heavy atom. The largest absolute Gasteiger partial charge is 4.00 e. The van der Waals surface area contributed by atoms with Crippen LogP contribution in [0.2, 0.25) is 0 Å². The quantitative estimate of drug-likeness (QED) is 0.193. The minimum atomic E-state index is 0. The van der Waals surface area contributed by atoms with Crippen molar-refractivity contribution in [2.24, 2.45) is 0 Å². The number of hydrogen-bond acceptors (Lipinski definition) is 6. The third-order valence-electron chi connectivity index (χ3n) is 4.43. The number of aromatic nitrogens is 8. The van der Waals surface area contributed by atoms with Crippen LogP contribution in [-0.2, 0) is 21.7 Å². The molecule has 0 aliphatic heterocycles. The van der Waals surface area contributed by atoms with Crippen LogP contribution in [0.4, 0.5) is 0 Å². The Labute approximate surface area is 204 Å². The van der Waals surface area contributed by atoms with E-state index in [1.165, 1.54) is 21.5 Å². The Balaban J connectivity index is 0.000000201. The van der Waals surface area contributed by atoms with Crippen molar-refractivity contribution < 1.29 is 46.5 Å². The predicted molar refractivity (Wildman–Crippen MR) is 105 cm³/mol. The van der Waals surface area contributed by atoms with Crippen LogP contribution in [0.15, 0.2) is 85.5 Å². The number of fused-ring (bicyclic) bond motifs is 2. The summed E-state index contributed by atoms with van der Waals surface area (Å²) in [6, 6.07) is 24.6. The van der Waals surface area contributed by atoms with Crippen molar-refractivity contribution in [2.75, 3.05) is 0 Å². The monoisotopic (exact) mass is 484 g/mol. The van der Waals surface area contributed by atoms with Crippen molar-refractivity contribution in [3.8, 4) is 11.4 Å². The van der Waals surface area contributed by atoms with E-state index in [1.807, 2.05) is 24.3 Å². The molecule has 0 atom stereocenters. The van der Waals surface area contributed by atoms with Crippen LogP contribution in [0.1, 0.15) is 0 Å². The number of hydrogen-bond donors (Lipinski definition) is 0. The first-order valence-electron chi connectivity index (χ1n) is 8.64. The first-order chi connectivity index (χ1) is 13.9. The SMILES string of the molecule is [Cl-].[Cl-].[Ti+4].c1ccc2[cH-]c(-n3cnnn3)cc2c1.c1ccc2[cH-]c(-n3cnnn3)cc2c1. The molecule has 0 amide bonds. The molecule has 11 heteroatoms. The van der Waals surface area contributed by atoms with Crippen LogP contribution < -0.4 is 24.8 Å². The summed E-state index contributed by atoms with van der Waals surface area (Å²) in [6.45, 7) is 0. The maximum atomic E-state index is 3.84. The van der Waals surface area contributed by atoms with E-state index in [9.17, 15) is 0 Å². The second-order valence-electron chi connectivity index (χ2n) is 6.19. The molecule has 0 bridgehead atoms. The fraction of sp³-hybridized carbons (Fsp3) is 0. The van der Waals surface area contributed by atoms with E-state index in [-0.39, 0.29) is 46.5 Å².